The van der Waals surface area contributed by atoms with E-state index in [0.717, 1.165) is 0 Å². The number of hydrogen-bond acceptors (Lipinski definition) is 3. The molecule has 0 radical (unpaired) electrons. The van der Waals surface area contributed by atoms with Crippen molar-refractivity contribution in [2.75, 3.05) is 12.0 Å². The van der Waals surface area contributed by atoms with E-state index in [2.05, 4.69) is 5.32 Å². The second kappa shape index (κ2) is 6.57. The molecule has 3 unspecified atom stereocenters. The van der Waals surface area contributed by atoms with Crippen molar-refractivity contribution in [2.45, 2.75) is 26.8 Å². The summed E-state index contributed by atoms with van der Waals surface area (Å²) in [7, 11) is -0.936. The summed E-state index contributed by atoms with van der Waals surface area (Å²) in [5.74, 6) is -0.486. The molecule has 0 heterocycles. The van der Waals surface area contributed by atoms with E-state index in [1.54, 1.807) is 13.2 Å². The number of hydrogen-bond donors (Lipinski definition) is 1. The van der Waals surface area contributed by atoms with Gasteiger partial charge >= 0.3 is 0 Å². The number of nitriles is 1. The van der Waals surface area contributed by atoms with E-state index in [4.69, 9.17) is 5.26 Å². The maximum atomic E-state index is 11.6. The Morgan fingerprint density at radius 2 is 2.00 bits per heavy atom. The first-order valence-corrected chi connectivity index (χ1v) is 6.61. The van der Waals surface area contributed by atoms with Gasteiger partial charge in [-0.05, 0) is 12.8 Å². The lowest BCUT2D eigenvalue weighted by atomic mass is 9.96. The van der Waals surface area contributed by atoms with Gasteiger partial charge in [0, 0.05) is 28.9 Å². The van der Waals surface area contributed by atoms with Crippen molar-refractivity contribution in [1.82, 2.24) is 5.32 Å². The fourth-order valence-corrected chi connectivity index (χ4v) is 2.02. The monoisotopic (exact) mass is 230 g/mol. The maximum absolute atomic E-state index is 11.6. The molecule has 0 aromatic heterocycles. The van der Waals surface area contributed by atoms with E-state index < -0.39 is 16.7 Å². The van der Waals surface area contributed by atoms with Crippen LogP contribution in [0.5, 0.6) is 0 Å². The minimum atomic E-state index is -0.936. The molecular weight excluding hydrogens is 212 g/mol. The maximum Gasteiger partial charge on any atom is 0.237 e. The van der Waals surface area contributed by atoms with Gasteiger partial charge in [-0.3, -0.25) is 9.00 Å². The highest BCUT2D eigenvalue weighted by Crippen LogP contribution is 2.09. The van der Waals surface area contributed by atoms with Crippen molar-refractivity contribution >= 4 is 16.7 Å². The number of carbonyl (C=O) groups excluding carboxylic acids is 1. The number of nitrogens with one attached hydrogen (secondary N) is 1. The predicted octanol–water partition coefficient (Wildman–Crippen LogP) is 0.665. The zero-order chi connectivity index (χ0) is 12.0. The summed E-state index contributed by atoms with van der Waals surface area (Å²) in [5, 5.41) is 11.5. The lowest BCUT2D eigenvalue weighted by molar-refractivity contribution is -0.124. The van der Waals surface area contributed by atoms with Crippen LogP contribution in [0.15, 0.2) is 0 Å². The van der Waals surface area contributed by atoms with Gasteiger partial charge in [0.2, 0.25) is 5.91 Å². The van der Waals surface area contributed by atoms with Crippen molar-refractivity contribution in [3.8, 4) is 6.07 Å². The number of amides is 1. The Morgan fingerprint density at radius 3 is 2.33 bits per heavy atom. The van der Waals surface area contributed by atoms with Gasteiger partial charge < -0.3 is 5.32 Å². The second-order valence-corrected chi connectivity index (χ2v) is 5.48. The third kappa shape index (κ3) is 5.53. The summed E-state index contributed by atoms with van der Waals surface area (Å²) >= 11 is 0. The van der Waals surface area contributed by atoms with Crippen LogP contribution in [-0.4, -0.2) is 28.2 Å². The molecule has 4 nitrogen and oxygen atoms in total. The summed E-state index contributed by atoms with van der Waals surface area (Å²) in [6.45, 7) is 5.44. The smallest absolute Gasteiger partial charge is 0.237 e. The van der Waals surface area contributed by atoms with Crippen LogP contribution in [0, 0.1) is 23.2 Å². The second-order valence-electron chi connectivity index (χ2n) is 4.00. The fourth-order valence-electron chi connectivity index (χ4n) is 1.24. The van der Waals surface area contributed by atoms with Crippen molar-refractivity contribution in [2.24, 2.45) is 11.8 Å². The Hall–Kier alpha value is -0.890. The summed E-state index contributed by atoms with van der Waals surface area (Å²) in [4.78, 5) is 11.6. The molecule has 1 N–H and O–H groups in total. The molecule has 0 aliphatic carbocycles. The first-order valence-electron chi connectivity index (χ1n) is 4.88. The molecular formula is C10H18N2O2S. The molecule has 0 rings (SSSR count). The van der Waals surface area contributed by atoms with Crippen LogP contribution in [0.2, 0.25) is 0 Å². The van der Waals surface area contributed by atoms with Crippen LogP contribution in [0.3, 0.4) is 0 Å². The van der Waals surface area contributed by atoms with Gasteiger partial charge in [0.05, 0.1) is 6.07 Å². The van der Waals surface area contributed by atoms with Crippen LogP contribution in [-0.2, 0) is 15.6 Å². The summed E-state index contributed by atoms with van der Waals surface area (Å²) in [6.07, 6.45) is 1.59. The van der Waals surface area contributed by atoms with Gasteiger partial charge in [-0.15, -0.1) is 0 Å². The average molecular weight is 230 g/mol. The third-order valence-corrected chi connectivity index (χ3v) is 2.93. The Morgan fingerprint density at radius 1 is 1.47 bits per heavy atom. The van der Waals surface area contributed by atoms with E-state index in [1.165, 1.54) is 0 Å². The van der Waals surface area contributed by atoms with Crippen molar-refractivity contribution in [3.05, 3.63) is 0 Å². The minimum absolute atomic E-state index is 0.00526. The molecule has 5 heteroatoms. The quantitative estimate of drug-likeness (QED) is 0.754. The Balaban J connectivity index is 4.24. The number of nitrogens with zero attached hydrogens (tertiary/aromatic N) is 1. The first kappa shape index (κ1) is 14.1. The number of carbonyl (C=O) groups is 1. The van der Waals surface area contributed by atoms with Gasteiger partial charge in [-0.25, -0.2) is 0 Å². The molecule has 0 saturated carbocycles. The number of rotatable bonds is 5. The lowest BCUT2D eigenvalue weighted by Crippen LogP contribution is -2.41. The molecule has 3 atom stereocenters. The summed E-state index contributed by atoms with van der Waals surface area (Å²) in [5.41, 5.74) is 0. The van der Waals surface area contributed by atoms with Crippen molar-refractivity contribution < 1.29 is 9.00 Å². The largest absolute Gasteiger partial charge is 0.352 e. The summed E-state index contributed by atoms with van der Waals surface area (Å²) in [6, 6.07) is 1.82. The molecule has 0 spiro atoms. The Bertz CT molecular complexity index is 284. The predicted molar refractivity (Wildman–Crippen MR) is 60.5 cm³/mol. The van der Waals surface area contributed by atoms with Crippen LogP contribution in [0.1, 0.15) is 20.8 Å². The van der Waals surface area contributed by atoms with Crippen molar-refractivity contribution in [1.29, 1.82) is 5.26 Å². The van der Waals surface area contributed by atoms with E-state index >= 15 is 0 Å². The van der Waals surface area contributed by atoms with E-state index in [9.17, 15) is 9.00 Å². The van der Waals surface area contributed by atoms with Crippen LogP contribution < -0.4 is 5.32 Å². The fraction of sp³-hybridized carbons (Fsp3) is 0.800. The highest BCUT2D eigenvalue weighted by Gasteiger charge is 2.22. The molecule has 0 aromatic rings. The molecule has 86 valence electrons. The van der Waals surface area contributed by atoms with Crippen molar-refractivity contribution in [3.63, 3.8) is 0 Å². The standard InChI is InChI=1S/C10H18N2O2S/c1-7(2)9(5-11)10(13)12-8(3)6-15(4)14/h7-9H,6H2,1-4H3,(H,12,13). The van der Waals surface area contributed by atoms with E-state index in [0.29, 0.717) is 5.75 Å². The molecule has 0 aromatic carbocycles. The van der Waals surface area contributed by atoms with Gasteiger partial charge in [0.15, 0.2) is 0 Å². The molecule has 15 heavy (non-hydrogen) atoms. The van der Waals surface area contributed by atoms with Gasteiger partial charge in [0.1, 0.15) is 5.92 Å². The summed E-state index contributed by atoms with van der Waals surface area (Å²) < 4.78 is 10.9. The molecule has 0 bridgehead atoms. The Kier molecular flexibility index (Phi) is 6.18. The van der Waals surface area contributed by atoms with Gasteiger partial charge in [0.25, 0.3) is 0 Å². The molecule has 0 aliphatic heterocycles. The van der Waals surface area contributed by atoms with Gasteiger partial charge in [-0.2, -0.15) is 5.26 Å². The molecule has 1 amide bonds. The average Bonchev–Trinajstić information content (AvgIpc) is 2.01. The zero-order valence-electron chi connectivity index (χ0n) is 9.61. The van der Waals surface area contributed by atoms with Gasteiger partial charge in [-0.1, -0.05) is 13.8 Å². The zero-order valence-corrected chi connectivity index (χ0v) is 10.4. The SMILES string of the molecule is CC(CS(C)=O)NC(=O)C(C#N)C(C)C. The normalized spacial score (nSPS) is 16.5. The minimum Gasteiger partial charge on any atom is -0.352 e. The topological polar surface area (TPSA) is 70.0 Å². The highest BCUT2D eigenvalue weighted by atomic mass is 32.2. The molecule has 0 aliphatic rings. The Labute approximate surface area is 93.5 Å². The van der Waals surface area contributed by atoms with E-state index in [-0.39, 0.29) is 17.9 Å². The highest BCUT2D eigenvalue weighted by molar-refractivity contribution is 7.84. The van der Waals surface area contributed by atoms with Crippen LogP contribution >= 0.6 is 0 Å². The first-order chi connectivity index (χ1) is 6.88. The van der Waals surface area contributed by atoms with Crippen LogP contribution in [0.25, 0.3) is 0 Å². The third-order valence-electron chi connectivity index (χ3n) is 1.96. The lowest BCUT2D eigenvalue weighted by Gasteiger charge is -2.17. The molecule has 0 saturated heterocycles. The van der Waals surface area contributed by atoms with Crippen LogP contribution in [0.4, 0.5) is 0 Å². The molecule has 0 fully saturated rings. The van der Waals surface area contributed by atoms with E-state index in [1.807, 2.05) is 19.9 Å².